The lowest BCUT2D eigenvalue weighted by atomic mass is 10.5. The largest absolute Gasteiger partial charge is 0.478 e. The number of aromatic nitrogens is 4. The van der Waals surface area contributed by atoms with Crippen molar-refractivity contribution in [2.75, 3.05) is 0 Å². The number of carboxylic acid groups (broad SMARTS) is 2. The predicted octanol–water partition coefficient (Wildman–Crippen LogP) is -1.33. The summed E-state index contributed by atoms with van der Waals surface area (Å²) in [6.07, 6.45) is 2.51. The standard InChI is InChI=1S/C7H8N4O2.C4H4O4/c1-10-5-4(8-3-9-5)6(12)11(2)7(10)13;5-3(6)1-2-4(7)8/h3H,1-2H3,(H,8,9);1-2H,(H,5,6)(H,7,8)/b;2-1-. The second-order valence-electron chi connectivity index (χ2n) is 3.82. The van der Waals surface area contributed by atoms with Gasteiger partial charge in [0.05, 0.1) is 6.33 Å². The molecule has 0 unspecified atom stereocenters. The Balaban J connectivity index is 0.000000240. The van der Waals surface area contributed by atoms with Crippen LogP contribution in [-0.2, 0) is 23.7 Å². The van der Waals surface area contributed by atoms with Gasteiger partial charge in [0.1, 0.15) is 5.52 Å². The van der Waals surface area contributed by atoms with Crippen LogP contribution in [0.2, 0.25) is 0 Å². The number of imidazole rings is 1. The summed E-state index contributed by atoms with van der Waals surface area (Å²) in [4.78, 5) is 48.5. The molecule has 0 bridgehead atoms. The molecule has 3 N–H and O–H groups in total. The number of nitrogens with zero attached hydrogens (tertiary/aromatic N) is 3. The molecule has 0 atom stereocenters. The molecule has 0 aliphatic heterocycles. The van der Waals surface area contributed by atoms with E-state index < -0.39 is 11.9 Å². The number of aryl methyl sites for hydroxylation is 1. The molecule has 0 fully saturated rings. The number of aliphatic carboxylic acids is 2. The molecule has 0 saturated carbocycles. The minimum absolute atomic E-state index is 0.351. The fourth-order valence-corrected chi connectivity index (χ4v) is 1.41. The first-order valence-corrected chi connectivity index (χ1v) is 5.48. The molecule has 2 rings (SSSR count). The molecule has 0 aliphatic rings. The third-order valence-corrected chi connectivity index (χ3v) is 2.40. The lowest BCUT2D eigenvalue weighted by Gasteiger charge is -2.00. The molecule has 2 aromatic rings. The van der Waals surface area contributed by atoms with Crippen molar-refractivity contribution in [2.45, 2.75) is 0 Å². The van der Waals surface area contributed by atoms with Crippen LogP contribution < -0.4 is 11.2 Å². The zero-order valence-electron chi connectivity index (χ0n) is 11.1. The van der Waals surface area contributed by atoms with Gasteiger partial charge in [-0.25, -0.2) is 19.4 Å². The summed E-state index contributed by atoms with van der Waals surface area (Å²) >= 11 is 0. The molecule has 0 aromatic carbocycles. The van der Waals surface area contributed by atoms with Crippen LogP contribution in [0.4, 0.5) is 0 Å². The van der Waals surface area contributed by atoms with Crippen molar-refractivity contribution in [3.05, 3.63) is 39.3 Å². The molecule has 112 valence electrons. The first-order chi connectivity index (χ1) is 9.75. The van der Waals surface area contributed by atoms with Gasteiger partial charge in [0.15, 0.2) is 5.65 Å². The Bertz CT molecular complexity index is 809. The number of hydrogen-bond donors (Lipinski definition) is 3. The second kappa shape index (κ2) is 6.32. The van der Waals surface area contributed by atoms with Crippen LogP contribution in [0.25, 0.3) is 11.2 Å². The van der Waals surface area contributed by atoms with Gasteiger partial charge < -0.3 is 15.2 Å². The maximum atomic E-state index is 11.4. The zero-order valence-corrected chi connectivity index (χ0v) is 11.1. The molecular formula is C11H12N4O6. The average Bonchev–Trinajstić information content (AvgIpc) is 2.91. The fraction of sp³-hybridized carbons (Fsp3) is 0.182. The van der Waals surface area contributed by atoms with E-state index in [0.717, 1.165) is 4.57 Å². The van der Waals surface area contributed by atoms with Crippen LogP contribution in [0.1, 0.15) is 0 Å². The molecule has 2 aromatic heterocycles. The minimum Gasteiger partial charge on any atom is -0.478 e. The van der Waals surface area contributed by atoms with Crippen LogP contribution in [0.15, 0.2) is 28.1 Å². The average molecular weight is 296 g/mol. The van der Waals surface area contributed by atoms with Gasteiger partial charge in [-0.15, -0.1) is 0 Å². The third kappa shape index (κ3) is 3.65. The summed E-state index contributed by atoms with van der Waals surface area (Å²) in [7, 11) is 3.01. The van der Waals surface area contributed by atoms with Crippen molar-refractivity contribution in [1.29, 1.82) is 0 Å². The summed E-state index contributed by atoms with van der Waals surface area (Å²) in [6, 6.07) is 0. The highest BCUT2D eigenvalue weighted by Crippen LogP contribution is 1.97. The summed E-state index contributed by atoms with van der Waals surface area (Å²) in [5.74, 6) is -2.51. The maximum Gasteiger partial charge on any atom is 0.332 e. The third-order valence-electron chi connectivity index (χ3n) is 2.40. The summed E-state index contributed by atoms with van der Waals surface area (Å²) in [5.41, 5.74) is 0.0119. The van der Waals surface area contributed by atoms with Gasteiger partial charge in [0.25, 0.3) is 5.56 Å². The Kier molecular flexibility index (Phi) is 4.78. The highest BCUT2D eigenvalue weighted by molar-refractivity contribution is 5.89. The van der Waals surface area contributed by atoms with Crippen molar-refractivity contribution in [1.82, 2.24) is 19.1 Å². The Morgan fingerprint density at radius 3 is 2.14 bits per heavy atom. The summed E-state index contributed by atoms with van der Waals surface area (Å²) in [5, 5.41) is 15.6. The van der Waals surface area contributed by atoms with Crippen molar-refractivity contribution in [2.24, 2.45) is 14.1 Å². The maximum absolute atomic E-state index is 11.4. The number of fused-ring (bicyclic) bond motifs is 1. The second-order valence-corrected chi connectivity index (χ2v) is 3.82. The van der Waals surface area contributed by atoms with Crippen LogP contribution >= 0.6 is 0 Å². The van der Waals surface area contributed by atoms with E-state index in [0.29, 0.717) is 23.3 Å². The van der Waals surface area contributed by atoms with Crippen molar-refractivity contribution >= 4 is 23.1 Å². The first kappa shape index (κ1) is 15.9. The highest BCUT2D eigenvalue weighted by atomic mass is 16.4. The number of hydrogen-bond acceptors (Lipinski definition) is 5. The van der Waals surface area contributed by atoms with Crippen LogP contribution in [-0.4, -0.2) is 41.3 Å². The Morgan fingerprint density at radius 1 is 1.14 bits per heavy atom. The van der Waals surface area contributed by atoms with Crippen molar-refractivity contribution < 1.29 is 19.8 Å². The summed E-state index contributed by atoms with van der Waals surface area (Å²) < 4.78 is 2.37. The van der Waals surface area contributed by atoms with Gasteiger partial charge in [-0.3, -0.25) is 13.9 Å². The van der Waals surface area contributed by atoms with Crippen LogP contribution in [0.5, 0.6) is 0 Å². The number of nitrogens with one attached hydrogen (secondary N) is 1. The van der Waals surface area contributed by atoms with E-state index in [2.05, 4.69) is 9.97 Å². The first-order valence-electron chi connectivity index (χ1n) is 5.48. The smallest absolute Gasteiger partial charge is 0.332 e. The molecule has 0 saturated heterocycles. The normalized spacial score (nSPS) is 10.4. The van der Waals surface area contributed by atoms with E-state index in [4.69, 9.17) is 10.2 Å². The van der Waals surface area contributed by atoms with E-state index in [1.807, 2.05) is 0 Å². The quantitative estimate of drug-likeness (QED) is 0.581. The molecule has 0 spiro atoms. The SMILES string of the molecule is Cn1c(=O)c2[nH]cnc2n(C)c1=O.O=C(O)/C=C\C(=O)O. The number of rotatable bonds is 2. The molecule has 0 radical (unpaired) electrons. The van der Waals surface area contributed by atoms with Gasteiger partial charge in [-0.2, -0.15) is 0 Å². The van der Waals surface area contributed by atoms with Gasteiger partial charge in [-0.1, -0.05) is 0 Å². The number of carboxylic acids is 2. The fourth-order valence-electron chi connectivity index (χ4n) is 1.41. The Labute approximate surface area is 116 Å². The molecule has 0 amide bonds. The molecule has 2 heterocycles. The van der Waals surface area contributed by atoms with Crippen molar-refractivity contribution in [3.8, 4) is 0 Å². The topological polar surface area (TPSA) is 147 Å². The van der Waals surface area contributed by atoms with E-state index in [9.17, 15) is 19.2 Å². The van der Waals surface area contributed by atoms with E-state index >= 15 is 0 Å². The number of aromatic amines is 1. The van der Waals surface area contributed by atoms with Gasteiger partial charge in [0.2, 0.25) is 0 Å². The van der Waals surface area contributed by atoms with Crippen LogP contribution in [0.3, 0.4) is 0 Å². The monoisotopic (exact) mass is 296 g/mol. The molecular weight excluding hydrogens is 284 g/mol. The molecule has 0 aliphatic carbocycles. The van der Waals surface area contributed by atoms with E-state index in [-0.39, 0.29) is 11.2 Å². The highest BCUT2D eigenvalue weighted by Gasteiger charge is 2.08. The summed E-state index contributed by atoms with van der Waals surface area (Å²) in [6.45, 7) is 0. The van der Waals surface area contributed by atoms with Crippen molar-refractivity contribution in [3.63, 3.8) is 0 Å². The van der Waals surface area contributed by atoms with E-state index in [1.165, 1.54) is 17.9 Å². The minimum atomic E-state index is -1.26. The number of H-pyrrole nitrogens is 1. The number of carbonyl (C=O) groups is 2. The zero-order chi connectivity index (χ0) is 16.2. The van der Waals surface area contributed by atoms with E-state index in [1.54, 1.807) is 7.05 Å². The van der Waals surface area contributed by atoms with Gasteiger partial charge in [-0.05, 0) is 0 Å². The van der Waals surface area contributed by atoms with Gasteiger partial charge >= 0.3 is 17.6 Å². The predicted molar refractivity (Wildman–Crippen MR) is 71.0 cm³/mol. The Hall–Kier alpha value is -3.17. The molecule has 10 nitrogen and oxygen atoms in total. The van der Waals surface area contributed by atoms with Gasteiger partial charge in [0, 0.05) is 26.2 Å². The molecule has 21 heavy (non-hydrogen) atoms. The molecule has 10 heteroatoms. The lowest BCUT2D eigenvalue weighted by molar-refractivity contribution is -0.134. The van der Waals surface area contributed by atoms with Crippen LogP contribution in [0, 0.1) is 0 Å². The lowest BCUT2D eigenvalue weighted by Crippen LogP contribution is -2.36. The Morgan fingerprint density at radius 2 is 1.67 bits per heavy atom.